The van der Waals surface area contributed by atoms with Crippen molar-refractivity contribution in [3.05, 3.63) is 29.3 Å². The third-order valence-corrected chi connectivity index (χ3v) is 3.86. The van der Waals surface area contributed by atoms with Crippen LogP contribution >= 0.6 is 0 Å². The van der Waals surface area contributed by atoms with Gasteiger partial charge in [0.25, 0.3) is 5.56 Å². The predicted octanol–water partition coefficient (Wildman–Crippen LogP) is -1.96. The van der Waals surface area contributed by atoms with Gasteiger partial charge in [0.1, 0.15) is 25.3 Å². The maximum atomic E-state index is 11.4. The maximum Gasteiger partial charge on any atom is 0.280 e. The van der Waals surface area contributed by atoms with Gasteiger partial charge < -0.3 is 35.7 Å². The zero-order valence-corrected chi connectivity index (χ0v) is 16.4. The van der Waals surface area contributed by atoms with Crippen LogP contribution in [0.3, 0.4) is 0 Å². The lowest BCUT2D eigenvalue weighted by molar-refractivity contribution is 0.0499. The Morgan fingerprint density at radius 3 is 2.35 bits per heavy atom. The topological polar surface area (TPSA) is 218 Å². The first-order chi connectivity index (χ1) is 15.0. The minimum atomic E-state index is -0.386. The van der Waals surface area contributed by atoms with Crippen LogP contribution in [0.15, 0.2) is 23.8 Å². The summed E-state index contributed by atoms with van der Waals surface area (Å²) < 4.78 is 13.5. The summed E-state index contributed by atoms with van der Waals surface area (Å²) in [5.41, 5.74) is 12.5. The second kappa shape index (κ2) is 10.4. The molecule has 0 aliphatic carbocycles. The number of hydrogen-bond donors (Lipinski definition) is 5. The molecule has 166 valence electrons. The smallest absolute Gasteiger partial charge is 0.280 e. The van der Waals surface area contributed by atoms with Crippen molar-refractivity contribution in [1.29, 1.82) is 0 Å². The van der Waals surface area contributed by atoms with Crippen LogP contribution in [0.5, 0.6) is 0 Å². The summed E-state index contributed by atoms with van der Waals surface area (Å²) in [5, 5.41) is 17.1. The van der Waals surface area contributed by atoms with E-state index in [1.165, 1.54) is 17.2 Å². The van der Waals surface area contributed by atoms with Crippen molar-refractivity contribution in [2.45, 2.75) is 13.5 Å². The number of rotatable bonds is 8. The summed E-state index contributed by atoms with van der Waals surface area (Å²) in [5.74, 6) is 0.395. The molecular weight excluding hydrogens is 412 g/mol. The number of aromatic nitrogens is 8. The summed E-state index contributed by atoms with van der Waals surface area (Å²) in [6.07, 6.45) is 4.38. The average molecular weight is 434 g/mol. The van der Waals surface area contributed by atoms with Gasteiger partial charge in [-0.2, -0.15) is 4.98 Å². The van der Waals surface area contributed by atoms with Crippen LogP contribution < -0.4 is 17.0 Å². The number of nitrogens with one attached hydrogen (secondary N) is 1. The molecule has 0 unspecified atom stereocenters. The average Bonchev–Trinajstić information content (AvgIpc) is 3.34. The number of imidazole rings is 2. The van der Waals surface area contributed by atoms with Crippen molar-refractivity contribution in [1.82, 2.24) is 39.0 Å². The van der Waals surface area contributed by atoms with E-state index in [1.54, 1.807) is 10.9 Å². The Balaban J connectivity index is 0.000000176. The normalized spacial score (nSPS) is 11.0. The molecule has 4 heterocycles. The lowest BCUT2D eigenvalue weighted by atomic mass is 10.5. The molecule has 0 atom stereocenters. The lowest BCUT2D eigenvalue weighted by Gasteiger charge is -2.04. The van der Waals surface area contributed by atoms with E-state index < -0.39 is 0 Å². The van der Waals surface area contributed by atoms with Gasteiger partial charge in [0.2, 0.25) is 5.95 Å². The summed E-state index contributed by atoms with van der Waals surface area (Å²) in [4.78, 5) is 33.5. The number of nitrogens with two attached hydrogens (primary N) is 2. The third kappa shape index (κ3) is 5.28. The van der Waals surface area contributed by atoms with Crippen LogP contribution in [0.25, 0.3) is 22.3 Å². The first-order valence-corrected chi connectivity index (χ1v) is 9.04. The highest BCUT2D eigenvalue weighted by Gasteiger charge is 2.09. The van der Waals surface area contributed by atoms with Crippen LogP contribution in [0.4, 0.5) is 11.8 Å². The number of ether oxygens (including phenoxy) is 2. The van der Waals surface area contributed by atoms with Crippen LogP contribution in [0.1, 0.15) is 0 Å². The first kappa shape index (κ1) is 22.0. The van der Waals surface area contributed by atoms with E-state index in [9.17, 15) is 4.79 Å². The summed E-state index contributed by atoms with van der Waals surface area (Å²) >= 11 is 0. The zero-order valence-electron chi connectivity index (χ0n) is 16.4. The molecule has 31 heavy (non-hydrogen) atoms. The van der Waals surface area contributed by atoms with Gasteiger partial charge in [-0.15, -0.1) is 0 Å². The van der Waals surface area contributed by atoms with E-state index >= 15 is 0 Å². The predicted molar refractivity (Wildman–Crippen MR) is 108 cm³/mol. The summed E-state index contributed by atoms with van der Waals surface area (Å²) in [6.45, 7) is 0.828. The highest BCUT2D eigenvalue weighted by atomic mass is 16.5. The molecule has 4 aromatic heterocycles. The van der Waals surface area contributed by atoms with Crippen molar-refractivity contribution in [2.75, 3.05) is 37.9 Å². The number of nitrogens with zero attached hydrogens (tertiary/aromatic N) is 7. The van der Waals surface area contributed by atoms with Gasteiger partial charge in [-0.05, 0) is 0 Å². The fourth-order valence-electron chi connectivity index (χ4n) is 2.55. The van der Waals surface area contributed by atoms with Crippen LogP contribution in [0, 0.1) is 0 Å². The Bertz CT molecular complexity index is 1190. The van der Waals surface area contributed by atoms with Crippen LogP contribution in [0.2, 0.25) is 0 Å². The molecule has 7 N–H and O–H groups in total. The van der Waals surface area contributed by atoms with Crippen molar-refractivity contribution < 1.29 is 19.7 Å². The monoisotopic (exact) mass is 434 g/mol. The second-order valence-electron chi connectivity index (χ2n) is 6.01. The Hall–Kier alpha value is -3.66. The molecule has 4 rings (SSSR count). The van der Waals surface area contributed by atoms with E-state index in [2.05, 4.69) is 29.9 Å². The highest BCUT2D eigenvalue weighted by molar-refractivity contribution is 5.81. The largest absolute Gasteiger partial charge is 0.394 e. The molecule has 0 radical (unpaired) electrons. The van der Waals surface area contributed by atoms with Gasteiger partial charge >= 0.3 is 0 Å². The standard InChI is InChI=1S/C8H11N5O3.C8H11N5O2/c9-8-11-6-5(7(15)12-8)10-3-13(6)4-16-2-1-14;9-7-6-8(11-3-10-7)12-4-13(6)5-15-2-1-14/h3,14H,1-2,4H2,(H3,9,11,12,15);3-4,14H,1-2,5H2,(H2,9,10,11). The van der Waals surface area contributed by atoms with Gasteiger partial charge in [-0.1, -0.05) is 0 Å². The molecule has 0 saturated heterocycles. The number of H-pyrrole nitrogens is 1. The molecule has 0 saturated carbocycles. The molecule has 0 aliphatic heterocycles. The first-order valence-electron chi connectivity index (χ1n) is 9.04. The van der Waals surface area contributed by atoms with Crippen LogP contribution in [-0.4, -0.2) is 75.7 Å². The summed E-state index contributed by atoms with van der Waals surface area (Å²) in [7, 11) is 0. The van der Waals surface area contributed by atoms with Gasteiger partial charge in [0.05, 0.1) is 39.1 Å². The lowest BCUT2D eigenvalue weighted by Crippen LogP contribution is -2.13. The van der Waals surface area contributed by atoms with E-state index in [0.29, 0.717) is 22.6 Å². The van der Waals surface area contributed by atoms with Gasteiger partial charge in [-0.25, -0.2) is 19.9 Å². The fraction of sp³-hybridized carbons (Fsp3) is 0.375. The quantitative estimate of drug-likeness (QED) is 0.191. The molecule has 0 amide bonds. The molecule has 15 nitrogen and oxygen atoms in total. The molecule has 0 fully saturated rings. The highest BCUT2D eigenvalue weighted by Crippen LogP contribution is 2.14. The number of aliphatic hydroxyl groups excluding tert-OH is 2. The van der Waals surface area contributed by atoms with E-state index in [0.717, 1.165) is 0 Å². The van der Waals surface area contributed by atoms with Crippen molar-refractivity contribution in [3.63, 3.8) is 0 Å². The minimum Gasteiger partial charge on any atom is -0.394 e. The van der Waals surface area contributed by atoms with Crippen molar-refractivity contribution in [2.24, 2.45) is 0 Å². The minimum absolute atomic E-state index is 0.0153. The van der Waals surface area contributed by atoms with Crippen LogP contribution in [-0.2, 0) is 22.9 Å². The number of aliphatic hydroxyl groups is 2. The zero-order chi connectivity index (χ0) is 22.2. The Labute approximate surface area is 174 Å². The SMILES string of the molecule is Nc1nc2c(ncn2COCCO)c(=O)[nH]1.Nc1ncnc2ncn(COCCO)c12. The Morgan fingerprint density at radius 1 is 0.968 bits per heavy atom. The Kier molecular flexibility index (Phi) is 7.39. The van der Waals surface area contributed by atoms with E-state index in [4.69, 9.17) is 31.2 Å². The molecule has 0 aliphatic rings. The Morgan fingerprint density at radius 2 is 1.65 bits per heavy atom. The second-order valence-corrected chi connectivity index (χ2v) is 6.01. The van der Waals surface area contributed by atoms with Crippen molar-refractivity contribution >= 4 is 34.1 Å². The molecule has 0 bridgehead atoms. The van der Waals surface area contributed by atoms with Gasteiger partial charge in [-0.3, -0.25) is 14.3 Å². The maximum absolute atomic E-state index is 11.4. The van der Waals surface area contributed by atoms with E-state index in [-0.39, 0.29) is 56.9 Å². The molecule has 15 heteroatoms. The van der Waals surface area contributed by atoms with Gasteiger partial charge in [0, 0.05) is 0 Å². The molecular formula is C16H22N10O5. The molecule has 4 aromatic rings. The molecule has 0 aromatic carbocycles. The number of nitrogen functional groups attached to an aromatic ring is 2. The number of fused-ring (bicyclic) bond motifs is 2. The molecule has 0 spiro atoms. The van der Waals surface area contributed by atoms with Crippen molar-refractivity contribution in [3.8, 4) is 0 Å². The van der Waals surface area contributed by atoms with E-state index in [1.807, 2.05) is 0 Å². The number of hydrogen-bond acceptors (Lipinski definition) is 12. The fourth-order valence-corrected chi connectivity index (χ4v) is 2.55. The van der Waals surface area contributed by atoms with Gasteiger partial charge in [0.15, 0.2) is 22.6 Å². The number of anilines is 2. The number of aromatic amines is 1. The summed E-state index contributed by atoms with van der Waals surface area (Å²) in [6, 6.07) is 0. The third-order valence-electron chi connectivity index (χ3n) is 3.86.